The van der Waals surface area contributed by atoms with Crippen LogP contribution in [0.1, 0.15) is 35.7 Å². The molecule has 0 radical (unpaired) electrons. The molecule has 2 rings (SSSR count). The molecule has 0 aliphatic heterocycles. The molecule has 2 nitrogen and oxygen atoms in total. The van der Waals surface area contributed by atoms with Gasteiger partial charge in [-0.25, -0.2) is 0 Å². The monoisotopic (exact) mass is 281 g/mol. The third-order valence-corrected chi connectivity index (χ3v) is 4.09. The van der Waals surface area contributed by atoms with Gasteiger partial charge in [0.2, 0.25) is 0 Å². The normalized spacial score (nSPS) is 16.9. The minimum atomic E-state index is 0.0312. The van der Waals surface area contributed by atoms with Gasteiger partial charge in [0.05, 0.1) is 0 Å². The van der Waals surface area contributed by atoms with Crippen LogP contribution in [0.3, 0.4) is 0 Å². The van der Waals surface area contributed by atoms with Crippen LogP contribution in [0, 0.1) is 12.3 Å². The molecule has 1 fully saturated rings. The van der Waals surface area contributed by atoms with Gasteiger partial charge in [-0.2, -0.15) is 0 Å². The maximum Gasteiger partial charge on any atom is 0.251 e. The zero-order chi connectivity index (χ0) is 11.8. The summed E-state index contributed by atoms with van der Waals surface area (Å²) in [5.41, 5.74) is 2.19. The average molecular weight is 282 g/mol. The van der Waals surface area contributed by atoms with E-state index in [2.05, 4.69) is 28.2 Å². The highest BCUT2D eigenvalue weighted by Crippen LogP contribution is 2.44. The Labute approximate surface area is 105 Å². The molecular formula is C13H16BrNO. The van der Waals surface area contributed by atoms with Crippen LogP contribution >= 0.6 is 15.9 Å². The Morgan fingerprint density at radius 3 is 2.75 bits per heavy atom. The molecule has 0 heterocycles. The highest BCUT2D eigenvalue weighted by molar-refractivity contribution is 9.10. The molecule has 1 aromatic carbocycles. The second-order valence-electron chi connectivity index (χ2n) is 4.96. The zero-order valence-electron chi connectivity index (χ0n) is 9.64. The van der Waals surface area contributed by atoms with E-state index in [0.29, 0.717) is 5.41 Å². The summed E-state index contributed by atoms with van der Waals surface area (Å²) in [6, 6.07) is 5.68. The fraction of sp³-hybridized carbons (Fsp3) is 0.462. The first-order valence-corrected chi connectivity index (χ1v) is 6.34. The Balaban J connectivity index is 2.00. The summed E-state index contributed by atoms with van der Waals surface area (Å²) in [5, 5.41) is 2.99. The number of halogens is 1. The Bertz CT molecular complexity index is 424. The molecule has 0 saturated heterocycles. The lowest BCUT2D eigenvalue weighted by Gasteiger charge is -2.10. The lowest BCUT2D eigenvalue weighted by atomic mass is 10.1. The van der Waals surface area contributed by atoms with Crippen molar-refractivity contribution in [2.45, 2.75) is 26.7 Å². The summed E-state index contributed by atoms with van der Waals surface area (Å²) < 4.78 is 1.04. The number of aryl methyl sites for hydroxylation is 1. The largest absolute Gasteiger partial charge is 0.351 e. The number of hydrogen-bond acceptors (Lipinski definition) is 1. The van der Waals surface area contributed by atoms with Crippen LogP contribution in [0.5, 0.6) is 0 Å². The average Bonchev–Trinajstić information content (AvgIpc) is 2.98. The lowest BCUT2D eigenvalue weighted by Crippen LogP contribution is -2.28. The topological polar surface area (TPSA) is 29.1 Å². The van der Waals surface area contributed by atoms with E-state index in [0.717, 1.165) is 22.1 Å². The summed E-state index contributed by atoms with van der Waals surface area (Å²) in [4.78, 5) is 11.9. The van der Waals surface area contributed by atoms with Gasteiger partial charge < -0.3 is 5.32 Å². The minimum absolute atomic E-state index is 0.0312. The van der Waals surface area contributed by atoms with Crippen molar-refractivity contribution in [1.82, 2.24) is 5.32 Å². The van der Waals surface area contributed by atoms with E-state index < -0.39 is 0 Å². The standard InChI is InChI=1S/C13H16BrNO/c1-9-7-10(3-4-11(9)14)12(16)15-8-13(2)5-6-13/h3-4,7H,5-6,8H2,1-2H3,(H,15,16). The Hall–Kier alpha value is -0.830. The molecule has 0 unspecified atom stereocenters. The van der Waals surface area contributed by atoms with Gasteiger partial charge in [-0.05, 0) is 48.9 Å². The lowest BCUT2D eigenvalue weighted by molar-refractivity contribution is 0.0946. The number of nitrogens with one attached hydrogen (secondary N) is 1. The first kappa shape index (κ1) is 11.6. The predicted molar refractivity (Wildman–Crippen MR) is 68.6 cm³/mol. The molecule has 3 heteroatoms. The van der Waals surface area contributed by atoms with Crippen LogP contribution in [0.2, 0.25) is 0 Å². The fourth-order valence-corrected chi connectivity index (χ4v) is 1.82. The Morgan fingerprint density at radius 2 is 2.19 bits per heavy atom. The van der Waals surface area contributed by atoms with Crippen LogP contribution in [-0.2, 0) is 0 Å². The van der Waals surface area contributed by atoms with Crippen molar-refractivity contribution >= 4 is 21.8 Å². The van der Waals surface area contributed by atoms with Crippen molar-refractivity contribution in [3.63, 3.8) is 0 Å². The quantitative estimate of drug-likeness (QED) is 0.905. The van der Waals surface area contributed by atoms with E-state index >= 15 is 0 Å². The molecule has 0 bridgehead atoms. The van der Waals surface area contributed by atoms with Crippen LogP contribution in [0.4, 0.5) is 0 Å². The maximum atomic E-state index is 11.9. The van der Waals surface area contributed by atoms with Crippen LogP contribution in [0.25, 0.3) is 0 Å². The maximum absolute atomic E-state index is 11.9. The molecule has 0 aromatic heterocycles. The number of amides is 1. The molecule has 0 spiro atoms. The van der Waals surface area contributed by atoms with Crippen molar-refractivity contribution in [1.29, 1.82) is 0 Å². The summed E-state index contributed by atoms with van der Waals surface area (Å²) in [6.07, 6.45) is 2.46. The molecular weight excluding hydrogens is 266 g/mol. The van der Waals surface area contributed by atoms with Crippen molar-refractivity contribution in [2.75, 3.05) is 6.54 Å². The highest BCUT2D eigenvalue weighted by Gasteiger charge is 2.37. The number of carbonyl (C=O) groups excluding carboxylic acids is 1. The first-order valence-electron chi connectivity index (χ1n) is 5.55. The smallest absolute Gasteiger partial charge is 0.251 e. The van der Waals surface area contributed by atoms with Crippen molar-refractivity contribution in [2.24, 2.45) is 5.41 Å². The van der Waals surface area contributed by atoms with Crippen molar-refractivity contribution in [3.05, 3.63) is 33.8 Å². The fourth-order valence-electron chi connectivity index (χ4n) is 1.57. The molecule has 1 aromatic rings. The highest BCUT2D eigenvalue weighted by atomic mass is 79.9. The number of benzene rings is 1. The van der Waals surface area contributed by atoms with E-state index in [1.54, 1.807) is 0 Å². The zero-order valence-corrected chi connectivity index (χ0v) is 11.2. The molecule has 16 heavy (non-hydrogen) atoms. The van der Waals surface area contributed by atoms with Crippen LogP contribution in [0.15, 0.2) is 22.7 Å². The SMILES string of the molecule is Cc1cc(C(=O)NCC2(C)CC2)ccc1Br. The molecule has 1 aliphatic rings. The predicted octanol–water partition coefficient (Wildman–Crippen LogP) is 3.29. The van der Waals surface area contributed by atoms with E-state index in [9.17, 15) is 4.79 Å². The van der Waals surface area contributed by atoms with Gasteiger partial charge in [-0.1, -0.05) is 22.9 Å². The van der Waals surface area contributed by atoms with Gasteiger partial charge in [0.1, 0.15) is 0 Å². The van der Waals surface area contributed by atoms with Gasteiger partial charge >= 0.3 is 0 Å². The first-order chi connectivity index (χ1) is 7.50. The summed E-state index contributed by atoms with van der Waals surface area (Å²) >= 11 is 3.43. The van der Waals surface area contributed by atoms with E-state index in [4.69, 9.17) is 0 Å². The second-order valence-corrected chi connectivity index (χ2v) is 5.81. The van der Waals surface area contributed by atoms with Crippen molar-refractivity contribution < 1.29 is 4.79 Å². The summed E-state index contributed by atoms with van der Waals surface area (Å²) in [5.74, 6) is 0.0312. The summed E-state index contributed by atoms with van der Waals surface area (Å²) in [7, 11) is 0. The van der Waals surface area contributed by atoms with E-state index in [1.165, 1.54) is 12.8 Å². The number of hydrogen-bond donors (Lipinski definition) is 1. The van der Waals surface area contributed by atoms with E-state index in [1.807, 2.05) is 25.1 Å². The van der Waals surface area contributed by atoms with Crippen LogP contribution in [-0.4, -0.2) is 12.5 Å². The third-order valence-electron chi connectivity index (χ3n) is 3.20. The summed E-state index contributed by atoms with van der Waals surface area (Å²) in [6.45, 7) is 4.99. The van der Waals surface area contributed by atoms with Crippen molar-refractivity contribution in [3.8, 4) is 0 Å². The second kappa shape index (κ2) is 4.21. The minimum Gasteiger partial charge on any atom is -0.351 e. The van der Waals surface area contributed by atoms with Crippen LogP contribution < -0.4 is 5.32 Å². The molecule has 1 N–H and O–H groups in total. The van der Waals surface area contributed by atoms with E-state index in [-0.39, 0.29) is 5.91 Å². The number of carbonyl (C=O) groups is 1. The van der Waals surface area contributed by atoms with Gasteiger partial charge in [0.25, 0.3) is 5.91 Å². The molecule has 0 atom stereocenters. The molecule has 1 aliphatic carbocycles. The molecule has 86 valence electrons. The number of rotatable bonds is 3. The van der Waals surface area contributed by atoms with Gasteiger partial charge in [-0.15, -0.1) is 0 Å². The van der Waals surface area contributed by atoms with Gasteiger partial charge in [0.15, 0.2) is 0 Å². The molecule has 1 amide bonds. The molecule has 1 saturated carbocycles. The third kappa shape index (κ3) is 2.64. The Morgan fingerprint density at radius 1 is 1.50 bits per heavy atom. The Kier molecular flexibility index (Phi) is 3.06. The van der Waals surface area contributed by atoms with Gasteiger partial charge in [-0.3, -0.25) is 4.79 Å². The van der Waals surface area contributed by atoms with Gasteiger partial charge in [0, 0.05) is 16.6 Å².